The van der Waals surface area contributed by atoms with E-state index in [1.54, 1.807) is 6.20 Å². The third-order valence-electron chi connectivity index (χ3n) is 4.51. The number of nitrogens with zero attached hydrogens (tertiary/aromatic N) is 2. The number of pyridine rings is 1. The maximum atomic E-state index is 12.3. The van der Waals surface area contributed by atoms with Crippen LogP contribution in [0.1, 0.15) is 45.2 Å². The predicted molar refractivity (Wildman–Crippen MR) is 82.0 cm³/mol. The highest BCUT2D eigenvalue weighted by atomic mass is 16.4. The van der Waals surface area contributed by atoms with Crippen molar-refractivity contribution in [3.05, 3.63) is 30.1 Å². The third kappa shape index (κ3) is 3.55. The molecule has 6 nitrogen and oxygen atoms in total. The van der Waals surface area contributed by atoms with Crippen LogP contribution in [0.2, 0.25) is 0 Å². The summed E-state index contributed by atoms with van der Waals surface area (Å²) in [6.45, 7) is 5.79. The second kappa shape index (κ2) is 6.77. The van der Waals surface area contributed by atoms with Gasteiger partial charge in [-0.05, 0) is 31.4 Å². The fraction of sp³-hybridized carbons (Fsp3) is 0.562. The van der Waals surface area contributed by atoms with E-state index in [9.17, 15) is 14.7 Å². The number of aromatic nitrogens is 1. The summed E-state index contributed by atoms with van der Waals surface area (Å²) in [6.07, 6.45) is 2.14. The Bertz CT molecular complexity index is 535. The number of amides is 2. The summed E-state index contributed by atoms with van der Waals surface area (Å²) in [5, 5.41) is 10.4. The highest BCUT2D eigenvalue weighted by Gasteiger charge is 2.46. The molecule has 0 bridgehead atoms. The molecule has 0 saturated heterocycles. The van der Waals surface area contributed by atoms with Gasteiger partial charge in [-0.2, -0.15) is 0 Å². The zero-order valence-corrected chi connectivity index (χ0v) is 13.2. The van der Waals surface area contributed by atoms with Gasteiger partial charge in [0.1, 0.15) is 0 Å². The van der Waals surface area contributed by atoms with Crippen LogP contribution in [0.5, 0.6) is 0 Å². The van der Waals surface area contributed by atoms with E-state index in [0.29, 0.717) is 6.42 Å². The zero-order valence-electron chi connectivity index (χ0n) is 13.2. The van der Waals surface area contributed by atoms with E-state index in [1.807, 2.05) is 39.0 Å². The number of rotatable bonds is 5. The lowest BCUT2D eigenvalue weighted by Gasteiger charge is -2.30. The zero-order chi connectivity index (χ0) is 16.3. The Morgan fingerprint density at radius 1 is 1.45 bits per heavy atom. The maximum Gasteiger partial charge on any atom is 0.426 e. The second-order valence-electron chi connectivity index (χ2n) is 5.96. The lowest BCUT2D eigenvalue weighted by molar-refractivity contribution is -0.127. The smallest absolute Gasteiger partial charge is 0.426 e. The summed E-state index contributed by atoms with van der Waals surface area (Å²) < 4.78 is 0. The molecular formula is C16H23N3O3. The van der Waals surface area contributed by atoms with Crippen LogP contribution in [-0.4, -0.2) is 33.1 Å². The minimum atomic E-state index is -1.13. The molecule has 2 rings (SSSR count). The second-order valence-corrected chi connectivity index (χ2v) is 5.96. The Labute approximate surface area is 130 Å². The van der Waals surface area contributed by atoms with Crippen molar-refractivity contribution in [2.45, 2.75) is 45.6 Å². The van der Waals surface area contributed by atoms with Crippen molar-refractivity contribution in [2.75, 3.05) is 0 Å². The predicted octanol–water partition coefficient (Wildman–Crippen LogP) is 2.63. The fourth-order valence-electron chi connectivity index (χ4n) is 2.53. The van der Waals surface area contributed by atoms with Crippen LogP contribution >= 0.6 is 0 Å². The average Bonchev–Trinajstić information content (AvgIpc) is 3.32. The summed E-state index contributed by atoms with van der Waals surface area (Å²) in [5.41, 5.74) is 3.45. The molecule has 1 fully saturated rings. The standard InChI is InChI=1S/C16H23N3O3/c1-4-10(2)11(3)19(16(21)22)18-15(20)13-9-12(13)14-7-5-6-8-17-14/h5-8,10-13H,4,9H2,1-3H3,(H,18,20)(H,21,22). The number of nitrogens with one attached hydrogen (secondary N) is 1. The minimum Gasteiger partial charge on any atom is -0.464 e. The van der Waals surface area contributed by atoms with Crippen molar-refractivity contribution < 1.29 is 14.7 Å². The van der Waals surface area contributed by atoms with Gasteiger partial charge in [-0.25, -0.2) is 9.80 Å². The molecule has 2 amide bonds. The van der Waals surface area contributed by atoms with Crippen LogP contribution in [0.4, 0.5) is 4.79 Å². The van der Waals surface area contributed by atoms with E-state index in [2.05, 4.69) is 10.4 Å². The van der Waals surface area contributed by atoms with Gasteiger partial charge in [0.15, 0.2) is 0 Å². The monoisotopic (exact) mass is 305 g/mol. The number of carboxylic acid groups (broad SMARTS) is 1. The van der Waals surface area contributed by atoms with Crippen molar-refractivity contribution in [2.24, 2.45) is 11.8 Å². The Balaban J connectivity index is 1.97. The average molecular weight is 305 g/mol. The third-order valence-corrected chi connectivity index (χ3v) is 4.51. The van der Waals surface area contributed by atoms with Gasteiger partial charge in [0.05, 0.1) is 6.04 Å². The normalized spacial score (nSPS) is 22.5. The number of carbonyl (C=O) groups is 2. The van der Waals surface area contributed by atoms with Crippen LogP contribution in [0.3, 0.4) is 0 Å². The van der Waals surface area contributed by atoms with Crippen LogP contribution in [0.15, 0.2) is 24.4 Å². The molecule has 4 unspecified atom stereocenters. The van der Waals surface area contributed by atoms with Crippen molar-refractivity contribution in [1.82, 2.24) is 15.4 Å². The first-order valence-corrected chi connectivity index (χ1v) is 7.69. The molecule has 4 atom stereocenters. The van der Waals surface area contributed by atoms with Gasteiger partial charge in [-0.15, -0.1) is 0 Å². The highest BCUT2D eigenvalue weighted by Crippen LogP contribution is 2.46. The summed E-state index contributed by atoms with van der Waals surface area (Å²) in [5.74, 6) is -0.174. The molecule has 0 radical (unpaired) electrons. The Morgan fingerprint density at radius 3 is 2.73 bits per heavy atom. The number of hydrogen-bond acceptors (Lipinski definition) is 3. The van der Waals surface area contributed by atoms with Crippen molar-refractivity contribution in [3.63, 3.8) is 0 Å². The van der Waals surface area contributed by atoms with Crippen molar-refractivity contribution in [1.29, 1.82) is 0 Å². The van der Waals surface area contributed by atoms with Gasteiger partial charge in [0, 0.05) is 23.7 Å². The van der Waals surface area contributed by atoms with E-state index in [0.717, 1.165) is 17.1 Å². The summed E-state index contributed by atoms with van der Waals surface area (Å²) in [4.78, 5) is 27.9. The van der Waals surface area contributed by atoms with Gasteiger partial charge in [-0.3, -0.25) is 15.2 Å². The SMILES string of the molecule is CCC(C)C(C)N(NC(=O)C1CC1c1ccccn1)C(=O)O. The van der Waals surface area contributed by atoms with E-state index >= 15 is 0 Å². The van der Waals surface area contributed by atoms with Crippen LogP contribution in [-0.2, 0) is 4.79 Å². The van der Waals surface area contributed by atoms with Gasteiger partial charge in [0.2, 0.25) is 5.91 Å². The maximum absolute atomic E-state index is 12.3. The van der Waals surface area contributed by atoms with E-state index in [1.165, 1.54) is 0 Å². The molecule has 1 aromatic heterocycles. The number of hydrazine groups is 1. The first kappa shape index (κ1) is 16.3. The Morgan fingerprint density at radius 2 is 2.18 bits per heavy atom. The first-order chi connectivity index (χ1) is 10.5. The first-order valence-electron chi connectivity index (χ1n) is 7.69. The van der Waals surface area contributed by atoms with Gasteiger partial charge in [0.25, 0.3) is 0 Å². The molecule has 1 aliphatic rings. The van der Waals surface area contributed by atoms with E-state index in [4.69, 9.17) is 0 Å². The largest absolute Gasteiger partial charge is 0.464 e. The topological polar surface area (TPSA) is 82.5 Å². The molecule has 6 heteroatoms. The lowest BCUT2D eigenvalue weighted by atomic mass is 10.0. The molecule has 0 spiro atoms. The molecule has 0 aliphatic heterocycles. The molecular weight excluding hydrogens is 282 g/mol. The summed E-state index contributed by atoms with van der Waals surface area (Å²) in [7, 11) is 0. The number of carbonyl (C=O) groups excluding carboxylic acids is 1. The van der Waals surface area contributed by atoms with Crippen LogP contribution in [0.25, 0.3) is 0 Å². The molecule has 1 heterocycles. The van der Waals surface area contributed by atoms with Crippen molar-refractivity contribution in [3.8, 4) is 0 Å². The van der Waals surface area contributed by atoms with E-state index < -0.39 is 6.09 Å². The minimum absolute atomic E-state index is 0.0933. The quantitative estimate of drug-likeness (QED) is 0.819. The Kier molecular flexibility index (Phi) is 5.00. The molecule has 120 valence electrons. The molecule has 1 saturated carbocycles. The fourth-order valence-corrected chi connectivity index (χ4v) is 2.53. The van der Waals surface area contributed by atoms with E-state index in [-0.39, 0.29) is 29.7 Å². The number of hydrogen-bond donors (Lipinski definition) is 2. The molecule has 0 aromatic carbocycles. The molecule has 2 N–H and O–H groups in total. The lowest BCUT2D eigenvalue weighted by Crippen LogP contribution is -2.53. The van der Waals surface area contributed by atoms with Crippen LogP contribution < -0.4 is 5.43 Å². The summed E-state index contributed by atoms with van der Waals surface area (Å²) in [6, 6.07) is 5.36. The molecule has 1 aliphatic carbocycles. The van der Waals surface area contributed by atoms with Gasteiger partial charge >= 0.3 is 6.09 Å². The van der Waals surface area contributed by atoms with Gasteiger partial charge in [-0.1, -0.05) is 26.3 Å². The Hall–Kier alpha value is -2.11. The van der Waals surface area contributed by atoms with Crippen LogP contribution in [0, 0.1) is 11.8 Å². The molecule has 22 heavy (non-hydrogen) atoms. The van der Waals surface area contributed by atoms with Crippen molar-refractivity contribution >= 4 is 12.0 Å². The highest BCUT2D eigenvalue weighted by molar-refractivity contribution is 5.84. The van der Waals surface area contributed by atoms with Gasteiger partial charge < -0.3 is 5.11 Å². The summed E-state index contributed by atoms with van der Waals surface area (Å²) >= 11 is 0. The molecule has 1 aromatic rings.